The third kappa shape index (κ3) is 2.97. The molecule has 17 heavy (non-hydrogen) atoms. The summed E-state index contributed by atoms with van der Waals surface area (Å²) in [5.41, 5.74) is 5.30. The Kier molecular flexibility index (Phi) is 3.12. The van der Waals surface area contributed by atoms with Crippen molar-refractivity contribution < 1.29 is 12.8 Å². The quantitative estimate of drug-likeness (QED) is 0.821. The van der Waals surface area contributed by atoms with Crippen LogP contribution in [-0.2, 0) is 16.3 Å². The summed E-state index contributed by atoms with van der Waals surface area (Å²) >= 11 is 0. The highest BCUT2D eigenvalue weighted by atomic mass is 32.2. The summed E-state index contributed by atoms with van der Waals surface area (Å²) in [6.07, 6.45) is 0.769. The molecule has 0 radical (unpaired) electrons. The van der Waals surface area contributed by atoms with Crippen molar-refractivity contribution in [3.63, 3.8) is 0 Å². The average molecular weight is 257 g/mol. The van der Waals surface area contributed by atoms with Gasteiger partial charge in [-0.25, -0.2) is 12.8 Å². The van der Waals surface area contributed by atoms with Crippen LogP contribution in [0.4, 0.5) is 10.1 Å². The van der Waals surface area contributed by atoms with E-state index in [0.29, 0.717) is 24.1 Å². The highest BCUT2D eigenvalue weighted by Gasteiger charge is 2.39. The van der Waals surface area contributed by atoms with Crippen LogP contribution >= 0.6 is 0 Å². The number of alkyl halides is 1. The van der Waals surface area contributed by atoms with Gasteiger partial charge in [0.1, 0.15) is 5.67 Å². The molecule has 0 bridgehead atoms. The van der Waals surface area contributed by atoms with E-state index in [-0.39, 0.29) is 17.9 Å². The average Bonchev–Trinajstić information content (AvgIpc) is 2.19. The van der Waals surface area contributed by atoms with Gasteiger partial charge in [-0.05, 0) is 24.5 Å². The van der Waals surface area contributed by atoms with Crippen LogP contribution < -0.4 is 5.73 Å². The van der Waals surface area contributed by atoms with Crippen LogP contribution in [0.15, 0.2) is 24.3 Å². The van der Waals surface area contributed by atoms with Gasteiger partial charge in [-0.1, -0.05) is 18.2 Å². The van der Waals surface area contributed by atoms with Gasteiger partial charge in [0.05, 0.1) is 11.5 Å². The van der Waals surface area contributed by atoms with Crippen LogP contribution in [0.1, 0.15) is 18.4 Å². The zero-order valence-electron chi connectivity index (χ0n) is 9.52. The molecule has 0 aliphatic carbocycles. The van der Waals surface area contributed by atoms with E-state index in [4.69, 9.17) is 5.73 Å². The molecule has 1 saturated heterocycles. The molecule has 1 aliphatic rings. The van der Waals surface area contributed by atoms with E-state index in [1.165, 1.54) is 0 Å². The van der Waals surface area contributed by atoms with Crippen LogP contribution in [0.3, 0.4) is 0 Å². The lowest BCUT2D eigenvalue weighted by molar-refractivity contribution is 0.171. The zero-order valence-corrected chi connectivity index (χ0v) is 10.3. The van der Waals surface area contributed by atoms with Crippen LogP contribution in [0, 0.1) is 0 Å². The van der Waals surface area contributed by atoms with Crippen molar-refractivity contribution in [2.45, 2.75) is 24.9 Å². The molecule has 1 unspecified atom stereocenters. The van der Waals surface area contributed by atoms with E-state index in [1.807, 2.05) is 0 Å². The molecule has 1 heterocycles. The largest absolute Gasteiger partial charge is 0.399 e. The van der Waals surface area contributed by atoms with E-state index in [0.717, 1.165) is 0 Å². The number of sulfone groups is 1. The van der Waals surface area contributed by atoms with Crippen molar-refractivity contribution in [3.05, 3.63) is 29.8 Å². The molecule has 94 valence electrons. The van der Waals surface area contributed by atoms with Crippen molar-refractivity contribution in [3.8, 4) is 0 Å². The fourth-order valence-corrected chi connectivity index (χ4v) is 4.09. The number of hydrogen-bond donors (Lipinski definition) is 1. The third-order valence-corrected chi connectivity index (χ3v) is 4.99. The Labute approximate surface area is 101 Å². The predicted molar refractivity (Wildman–Crippen MR) is 66.3 cm³/mol. The maximum atomic E-state index is 14.5. The smallest absolute Gasteiger partial charge is 0.153 e. The molecule has 5 heteroatoms. The standard InChI is InChI=1S/C12H16FNO2S/c13-12(6-3-7-17(15,16)9-12)8-10-4-1-2-5-11(10)14/h1-2,4-5H,3,6-9,14H2. The van der Waals surface area contributed by atoms with E-state index in [1.54, 1.807) is 24.3 Å². The number of halogens is 1. The maximum absolute atomic E-state index is 14.5. The van der Waals surface area contributed by atoms with Gasteiger partial charge in [-0.15, -0.1) is 0 Å². The second-order valence-corrected chi connectivity index (χ2v) is 6.91. The van der Waals surface area contributed by atoms with E-state index in [9.17, 15) is 12.8 Å². The molecule has 1 aromatic rings. The van der Waals surface area contributed by atoms with Gasteiger partial charge >= 0.3 is 0 Å². The molecule has 1 fully saturated rings. The van der Waals surface area contributed by atoms with Crippen LogP contribution in [0.2, 0.25) is 0 Å². The van der Waals surface area contributed by atoms with Gasteiger partial charge in [0.15, 0.2) is 9.84 Å². The second-order valence-electron chi connectivity index (χ2n) is 4.72. The summed E-state index contributed by atoms with van der Waals surface area (Å²) in [4.78, 5) is 0. The van der Waals surface area contributed by atoms with Crippen molar-refractivity contribution in [1.29, 1.82) is 0 Å². The van der Waals surface area contributed by atoms with Gasteiger partial charge in [0.25, 0.3) is 0 Å². The molecule has 2 rings (SSSR count). The number of nitrogens with two attached hydrogens (primary N) is 1. The highest BCUT2D eigenvalue weighted by molar-refractivity contribution is 7.91. The molecule has 0 saturated carbocycles. The van der Waals surface area contributed by atoms with E-state index < -0.39 is 15.5 Å². The number of para-hydroxylation sites is 1. The summed E-state index contributed by atoms with van der Waals surface area (Å²) in [6.45, 7) is 0. The Balaban J connectivity index is 2.20. The van der Waals surface area contributed by atoms with Crippen LogP contribution in [-0.4, -0.2) is 25.6 Å². The summed E-state index contributed by atoms with van der Waals surface area (Å²) in [6, 6.07) is 7.02. The lowest BCUT2D eigenvalue weighted by atomic mass is 9.92. The first-order chi connectivity index (χ1) is 7.90. The minimum absolute atomic E-state index is 0.0822. The summed E-state index contributed by atoms with van der Waals surface area (Å²) in [5, 5.41) is 0. The first-order valence-corrected chi connectivity index (χ1v) is 7.45. The summed E-state index contributed by atoms with van der Waals surface area (Å²) < 4.78 is 37.4. The van der Waals surface area contributed by atoms with E-state index in [2.05, 4.69) is 0 Å². The van der Waals surface area contributed by atoms with Crippen LogP contribution in [0.25, 0.3) is 0 Å². The molecule has 3 nitrogen and oxygen atoms in total. The number of hydrogen-bond acceptors (Lipinski definition) is 3. The SMILES string of the molecule is Nc1ccccc1CC1(F)CCCS(=O)(=O)C1. The normalized spacial score (nSPS) is 27.8. The van der Waals surface area contributed by atoms with Crippen molar-refractivity contribution in [2.24, 2.45) is 0 Å². The Bertz CT molecular complexity index is 515. The maximum Gasteiger partial charge on any atom is 0.153 e. The second kappa shape index (κ2) is 4.29. The molecule has 0 aromatic heterocycles. The number of anilines is 1. The molecule has 1 atom stereocenters. The lowest BCUT2D eigenvalue weighted by Gasteiger charge is -2.29. The molecular formula is C12H16FNO2S. The number of benzene rings is 1. The minimum atomic E-state index is -3.24. The molecule has 0 amide bonds. The van der Waals surface area contributed by atoms with Gasteiger partial charge < -0.3 is 5.73 Å². The lowest BCUT2D eigenvalue weighted by Crippen LogP contribution is -2.40. The van der Waals surface area contributed by atoms with Crippen molar-refractivity contribution in [1.82, 2.24) is 0 Å². The fourth-order valence-electron chi connectivity index (χ4n) is 2.32. The number of rotatable bonds is 2. The Morgan fingerprint density at radius 2 is 2.06 bits per heavy atom. The molecule has 2 N–H and O–H groups in total. The van der Waals surface area contributed by atoms with Crippen molar-refractivity contribution >= 4 is 15.5 Å². The van der Waals surface area contributed by atoms with Gasteiger partial charge in [-0.2, -0.15) is 0 Å². The Morgan fingerprint density at radius 3 is 2.71 bits per heavy atom. The molecule has 0 spiro atoms. The van der Waals surface area contributed by atoms with Crippen LogP contribution in [0.5, 0.6) is 0 Å². The highest BCUT2D eigenvalue weighted by Crippen LogP contribution is 2.31. The summed E-state index contributed by atoms with van der Waals surface area (Å²) in [7, 11) is -3.24. The summed E-state index contributed by atoms with van der Waals surface area (Å²) in [5.74, 6) is -0.280. The molecule has 1 aromatic carbocycles. The number of nitrogen functional groups attached to an aromatic ring is 1. The zero-order chi connectivity index (χ0) is 12.5. The molecular weight excluding hydrogens is 241 g/mol. The van der Waals surface area contributed by atoms with Gasteiger partial charge in [0, 0.05) is 12.1 Å². The monoisotopic (exact) mass is 257 g/mol. The topological polar surface area (TPSA) is 60.2 Å². The first kappa shape index (κ1) is 12.4. The third-order valence-electron chi connectivity index (χ3n) is 3.12. The predicted octanol–water partition coefficient (Wildman–Crippen LogP) is 1.73. The minimum Gasteiger partial charge on any atom is -0.399 e. The fraction of sp³-hybridized carbons (Fsp3) is 0.500. The Morgan fingerprint density at radius 1 is 1.35 bits per heavy atom. The van der Waals surface area contributed by atoms with Gasteiger partial charge in [0.2, 0.25) is 0 Å². The van der Waals surface area contributed by atoms with E-state index >= 15 is 0 Å². The van der Waals surface area contributed by atoms with Crippen molar-refractivity contribution in [2.75, 3.05) is 17.2 Å². The van der Waals surface area contributed by atoms with Gasteiger partial charge in [-0.3, -0.25) is 0 Å². The first-order valence-electron chi connectivity index (χ1n) is 5.63. The molecule has 1 aliphatic heterocycles. The Hall–Kier alpha value is -1.10.